The summed E-state index contributed by atoms with van der Waals surface area (Å²) in [6, 6.07) is 13.2. The fourth-order valence-electron chi connectivity index (χ4n) is 2.23. The summed E-state index contributed by atoms with van der Waals surface area (Å²) in [6.45, 7) is 0. The van der Waals surface area contributed by atoms with E-state index in [0.717, 1.165) is 0 Å². The maximum absolute atomic E-state index is 12.2. The number of halogens is 1. The summed E-state index contributed by atoms with van der Waals surface area (Å²) in [6.07, 6.45) is 0. The van der Waals surface area contributed by atoms with Crippen LogP contribution in [0.25, 0.3) is 11.0 Å². The van der Waals surface area contributed by atoms with Gasteiger partial charge in [0, 0.05) is 5.56 Å². The predicted molar refractivity (Wildman–Crippen MR) is 83.0 cm³/mol. The van der Waals surface area contributed by atoms with Crippen LogP contribution in [0.3, 0.4) is 0 Å². The first-order valence-electron chi connectivity index (χ1n) is 6.35. The van der Waals surface area contributed by atoms with Gasteiger partial charge in [-0.2, -0.15) is 0 Å². The van der Waals surface area contributed by atoms with Crippen LogP contribution in [-0.2, 0) is 0 Å². The van der Waals surface area contributed by atoms with Gasteiger partial charge < -0.3 is 14.7 Å². The van der Waals surface area contributed by atoms with E-state index in [-0.39, 0.29) is 33.0 Å². The first kappa shape index (κ1) is 14.2. The van der Waals surface area contributed by atoms with Crippen LogP contribution in [0.5, 0.6) is 5.75 Å². The first-order valence-corrected chi connectivity index (χ1v) is 6.73. The number of hydrogen-bond donors (Lipinski definition) is 2. The first-order chi connectivity index (χ1) is 10.6. The molecule has 0 amide bonds. The fraction of sp³-hybridized carbons (Fsp3) is 0. The Morgan fingerprint density at radius 1 is 1.09 bits per heavy atom. The molecular weight excluding hydrogens is 306 g/mol. The van der Waals surface area contributed by atoms with Crippen molar-refractivity contribution in [3.8, 4) is 5.75 Å². The maximum Gasteiger partial charge on any atom is 0.349 e. The van der Waals surface area contributed by atoms with E-state index in [0.29, 0.717) is 5.56 Å². The Labute approximate surface area is 129 Å². The topological polar surface area (TPSA) is 83.0 Å². The van der Waals surface area contributed by atoms with Gasteiger partial charge in [0.25, 0.3) is 0 Å². The Morgan fingerprint density at radius 3 is 2.50 bits per heavy atom. The molecule has 0 aliphatic heterocycles. The average Bonchev–Trinajstić information content (AvgIpc) is 2.53. The van der Waals surface area contributed by atoms with Gasteiger partial charge in [0.05, 0.1) is 10.4 Å². The molecule has 110 valence electrons. The molecule has 0 radical (unpaired) electrons. The summed E-state index contributed by atoms with van der Waals surface area (Å²) in [5, 5.41) is 23.3. The molecule has 0 saturated carbocycles. The Hall–Kier alpha value is -2.79. The molecule has 0 aliphatic rings. The minimum Gasteiger partial charge on any atom is -0.506 e. The van der Waals surface area contributed by atoms with E-state index in [9.17, 15) is 15.1 Å². The van der Waals surface area contributed by atoms with Gasteiger partial charge in [0.15, 0.2) is 5.58 Å². The van der Waals surface area contributed by atoms with Crippen LogP contribution >= 0.6 is 11.6 Å². The van der Waals surface area contributed by atoms with Gasteiger partial charge in [-0.3, -0.25) is 0 Å². The third-order valence-electron chi connectivity index (χ3n) is 3.24. The third kappa shape index (κ3) is 2.21. The van der Waals surface area contributed by atoms with Crippen molar-refractivity contribution in [1.82, 2.24) is 0 Å². The highest BCUT2D eigenvalue weighted by Gasteiger charge is 2.21. The van der Waals surface area contributed by atoms with Gasteiger partial charge in [-0.25, -0.2) is 4.79 Å². The lowest BCUT2D eigenvalue weighted by molar-refractivity contribution is 0.319. The Kier molecular flexibility index (Phi) is 3.56. The molecular formula is C16H10ClNO4. The molecule has 22 heavy (non-hydrogen) atoms. The molecule has 0 saturated heterocycles. The van der Waals surface area contributed by atoms with Crippen LogP contribution in [0, 0.1) is 0 Å². The van der Waals surface area contributed by atoms with Gasteiger partial charge >= 0.3 is 5.63 Å². The van der Waals surface area contributed by atoms with Crippen LogP contribution in [0.15, 0.2) is 62.9 Å². The molecule has 0 unspecified atom stereocenters. The highest BCUT2D eigenvalue weighted by molar-refractivity contribution is 6.35. The van der Waals surface area contributed by atoms with Gasteiger partial charge in [0.2, 0.25) is 0 Å². The van der Waals surface area contributed by atoms with Crippen molar-refractivity contribution in [2.24, 2.45) is 5.16 Å². The van der Waals surface area contributed by atoms with Crippen molar-refractivity contribution in [3.05, 3.63) is 75.1 Å². The Balaban J connectivity index is 2.34. The predicted octanol–water partition coefficient (Wildman–Crippen LogP) is 3.38. The summed E-state index contributed by atoms with van der Waals surface area (Å²) in [7, 11) is 0. The number of aromatic hydroxyl groups is 1. The quantitative estimate of drug-likeness (QED) is 0.329. The molecule has 0 aliphatic carbocycles. The molecule has 5 nitrogen and oxygen atoms in total. The lowest BCUT2D eigenvalue weighted by Gasteiger charge is -2.08. The molecule has 0 fully saturated rings. The zero-order valence-electron chi connectivity index (χ0n) is 11.2. The van der Waals surface area contributed by atoms with E-state index < -0.39 is 5.63 Å². The average molecular weight is 316 g/mol. The van der Waals surface area contributed by atoms with Crippen molar-refractivity contribution in [3.63, 3.8) is 0 Å². The number of fused-ring (bicyclic) bond motifs is 1. The second kappa shape index (κ2) is 5.54. The van der Waals surface area contributed by atoms with E-state index >= 15 is 0 Å². The van der Waals surface area contributed by atoms with E-state index in [1.54, 1.807) is 48.5 Å². The number of benzene rings is 2. The van der Waals surface area contributed by atoms with E-state index in [1.165, 1.54) is 0 Å². The van der Waals surface area contributed by atoms with Gasteiger partial charge in [-0.05, 0) is 12.1 Å². The number of rotatable bonds is 2. The van der Waals surface area contributed by atoms with Crippen LogP contribution in [0.2, 0.25) is 5.02 Å². The molecule has 3 rings (SSSR count). The maximum atomic E-state index is 12.2. The Morgan fingerprint density at radius 2 is 1.82 bits per heavy atom. The van der Waals surface area contributed by atoms with Crippen molar-refractivity contribution in [2.75, 3.05) is 0 Å². The van der Waals surface area contributed by atoms with Crippen LogP contribution in [-0.4, -0.2) is 16.0 Å². The van der Waals surface area contributed by atoms with Gasteiger partial charge in [-0.15, -0.1) is 0 Å². The summed E-state index contributed by atoms with van der Waals surface area (Å²) in [5.41, 5.74) is -0.582. The fourth-order valence-corrected chi connectivity index (χ4v) is 2.44. The second-order valence-electron chi connectivity index (χ2n) is 4.54. The van der Waals surface area contributed by atoms with Crippen molar-refractivity contribution >= 4 is 28.3 Å². The Bertz CT molecular complexity index is 932. The van der Waals surface area contributed by atoms with E-state index in [2.05, 4.69) is 5.16 Å². The summed E-state index contributed by atoms with van der Waals surface area (Å²) in [4.78, 5) is 12.2. The largest absolute Gasteiger partial charge is 0.506 e. The molecule has 0 spiro atoms. The van der Waals surface area contributed by atoms with Crippen LogP contribution in [0.4, 0.5) is 0 Å². The SMILES string of the molecule is O=c1oc2c(Cl)cccc2c(O)c1/C(=N/O)c1ccccc1. The monoisotopic (exact) mass is 315 g/mol. The van der Waals surface area contributed by atoms with Crippen molar-refractivity contribution in [1.29, 1.82) is 0 Å². The van der Waals surface area contributed by atoms with Crippen LogP contribution in [0.1, 0.15) is 11.1 Å². The molecule has 2 aromatic carbocycles. The lowest BCUT2D eigenvalue weighted by Crippen LogP contribution is -2.16. The van der Waals surface area contributed by atoms with Crippen molar-refractivity contribution in [2.45, 2.75) is 0 Å². The number of para-hydroxylation sites is 1. The molecule has 1 heterocycles. The summed E-state index contributed by atoms with van der Waals surface area (Å²) in [5.74, 6) is -0.342. The van der Waals surface area contributed by atoms with E-state index in [4.69, 9.17) is 16.0 Å². The molecule has 0 atom stereocenters. The minimum atomic E-state index is -0.838. The number of oxime groups is 1. The molecule has 0 bridgehead atoms. The summed E-state index contributed by atoms with van der Waals surface area (Å²) >= 11 is 5.96. The highest BCUT2D eigenvalue weighted by atomic mass is 35.5. The minimum absolute atomic E-state index is 0.0753. The third-order valence-corrected chi connectivity index (χ3v) is 3.54. The number of hydrogen-bond acceptors (Lipinski definition) is 5. The lowest BCUT2D eigenvalue weighted by atomic mass is 10.0. The van der Waals surface area contributed by atoms with E-state index in [1.807, 2.05) is 0 Å². The molecule has 2 N–H and O–H groups in total. The zero-order valence-corrected chi connectivity index (χ0v) is 11.9. The van der Waals surface area contributed by atoms with Crippen molar-refractivity contribution < 1.29 is 14.7 Å². The number of nitrogens with zero attached hydrogens (tertiary/aromatic N) is 1. The normalized spacial score (nSPS) is 11.8. The smallest absolute Gasteiger partial charge is 0.349 e. The standard InChI is InChI=1S/C16H10ClNO4/c17-11-8-4-7-10-14(19)12(16(20)22-15(10)11)13(18-21)9-5-2-1-3-6-9/h1-8,19,21H/b18-13+. The second-order valence-corrected chi connectivity index (χ2v) is 4.95. The zero-order chi connectivity index (χ0) is 15.7. The molecule has 6 heteroatoms. The van der Waals surface area contributed by atoms with Crippen LogP contribution < -0.4 is 5.63 Å². The van der Waals surface area contributed by atoms with Gasteiger partial charge in [0.1, 0.15) is 17.0 Å². The molecule has 3 aromatic rings. The molecule has 1 aromatic heterocycles. The highest BCUT2D eigenvalue weighted by Crippen LogP contribution is 2.31. The summed E-state index contributed by atoms with van der Waals surface area (Å²) < 4.78 is 5.17. The van der Waals surface area contributed by atoms with Gasteiger partial charge in [-0.1, -0.05) is 53.2 Å².